The van der Waals surface area contributed by atoms with E-state index in [2.05, 4.69) is 10.8 Å². The minimum absolute atomic E-state index is 0.446. The Balaban J connectivity index is 2.00. The molecule has 1 heterocycles. The number of nitrogens with zero attached hydrogens (tertiary/aromatic N) is 1. The van der Waals surface area contributed by atoms with Crippen molar-refractivity contribution in [3.05, 3.63) is 0 Å². The van der Waals surface area contributed by atoms with Crippen LogP contribution in [0.15, 0.2) is 0 Å². The monoisotopic (exact) mass is 180 g/mol. The summed E-state index contributed by atoms with van der Waals surface area (Å²) in [6.07, 6.45) is 10.8. The summed E-state index contributed by atoms with van der Waals surface area (Å²) in [5.41, 5.74) is 5.82. The Labute approximate surface area is 81.5 Å². The Hall–Kier alpha value is -0.520. The Bertz CT molecular complexity index is 163. The van der Waals surface area contributed by atoms with Crippen molar-refractivity contribution >= 4 is 0 Å². The van der Waals surface area contributed by atoms with Gasteiger partial charge >= 0.3 is 0 Å². The topological polar surface area (TPSA) is 29.3 Å². The molecule has 2 nitrogen and oxygen atoms in total. The second kappa shape index (κ2) is 6.01. The van der Waals surface area contributed by atoms with Crippen LogP contribution in [0, 0.1) is 12.3 Å². The smallest absolute Gasteiger partial charge is 0.00865 e. The first-order valence-electron chi connectivity index (χ1n) is 5.24. The van der Waals surface area contributed by atoms with Crippen molar-refractivity contribution in [3.8, 4) is 12.3 Å². The summed E-state index contributed by atoms with van der Waals surface area (Å²) in [5, 5.41) is 0. The van der Waals surface area contributed by atoms with Crippen LogP contribution in [0.1, 0.15) is 32.1 Å². The van der Waals surface area contributed by atoms with E-state index in [1.54, 1.807) is 0 Å². The van der Waals surface area contributed by atoms with Crippen LogP contribution in [0.5, 0.6) is 0 Å². The number of unbranched alkanes of at least 4 members (excludes halogenated alkanes) is 2. The molecule has 0 radical (unpaired) electrons. The standard InChI is InChI=1S/C11H20N2/c1-2-3-4-5-8-13-9-6-11(12)7-10-13/h1,11H,3-10,12H2. The lowest BCUT2D eigenvalue weighted by Crippen LogP contribution is -2.39. The van der Waals surface area contributed by atoms with E-state index in [9.17, 15) is 0 Å². The fourth-order valence-corrected chi connectivity index (χ4v) is 1.74. The Morgan fingerprint density at radius 1 is 1.31 bits per heavy atom. The lowest BCUT2D eigenvalue weighted by atomic mass is 10.1. The van der Waals surface area contributed by atoms with Crippen LogP contribution in [-0.2, 0) is 0 Å². The number of likely N-dealkylation sites (tertiary alicyclic amines) is 1. The first-order chi connectivity index (χ1) is 6.33. The minimum Gasteiger partial charge on any atom is -0.328 e. The lowest BCUT2D eigenvalue weighted by molar-refractivity contribution is 0.210. The highest BCUT2D eigenvalue weighted by Crippen LogP contribution is 2.09. The minimum atomic E-state index is 0.446. The van der Waals surface area contributed by atoms with Crippen LogP contribution in [0.4, 0.5) is 0 Å². The summed E-state index contributed by atoms with van der Waals surface area (Å²) >= 11 is 0. The van der Waals surface area contributed by atoms with Gasteiger partial charge in [0, 0.05) is 12.5 Å². The number of rotatable bonds is 4. The molecule has 0 unspecified atom stereocenters. The first kappa shape index (κ1) is 10.6. The second-order valence-corrected chi connectivity index (χ2v) is 3.84. The highest BCUT2D eigenvalue weighted by atomic mass is 15.1. The van der Waals surface area contributed by atoms with Gasteiger partial charge in [-0.15, -0.1) is 12.3 Å². The molecule has 1 fully saturated rings. The zero-order valence-electron chi connectivity index (χ0n) is 8.34. The first-order valence-corrected chi connectivity index (χ1v) is 5.24. The van der Waals surface area contributed by atoms with Crippen LogP contribution in [0.2, 0.25) is 0 Å². The summed E-state index contributed by atoms with van der Waals surface area (Å²) in [7, 11) is 0. The Morgan fingerprint density at radius 2 is 2.00 bits per heavy atom. The van der Waals surface area contributed by atoms with E-state index in [0.717, 1.165) is 19.3 Å². The maximum absolute atomic E-state index is 5.82. The molecule has 0 amide bonds. The van der Waals surface area contributed by atoms with E-state index >= 15 is 0 Å². The van der Waals surface area contributed by atoms with E-state index in [0.29, 0.717) is 6.04 Å². The van der Waals surface area contributed by atoms with Gasteiger partial charge in [0.15, 0.2) is 0 Å². The van der Waals surface area contributed by atoms with Gasteiger partial charge in [-0.25, -0.2) is 0 Å². The number of hydrogen-bond donors (Lipinski definition) is 1. The number of nitrogens with two attached hydrogens (primary N) is 1. The number of piperidine rings is 1. The molecule has 0 spiro atoms. The van der Waals surface area contributed by atoms with Gasteiger partial charge in [-0.1, -0.05) is 0 Å². The van der Waals surface area contributed by atoms with Gasteiger partial charge in [0.2, 0.25) is 0 Å². The average molecular weight is 180 g/mol. The molecule has 1 aliphatic rings. The molecule has 0 bridgehead atoms. The summed E-state index contributed by atoms with van der Waals surface area (Å²) < 4.78 is 0. The van der Waals surface area contributed by atoms with Crippen LogP contribution in [0.25, 0.3) is 0 Å². The molecular formula is C11H20N2. The van der Waals surface area contributed by atoms with Gasteiger partial charge in [-0.2, -0.15) is 0 Å². The molecule has 0 aromatic carbocycles. The fourth-order valence-electron chi connectivity index (χ4n) is 1.74. The van der Waals surface area contributed by atoms with Crippen molar-refractivity contribution in [2.45, 2.75) is 38.1 Å². The average Bonchev–Trinajstić information content (AvgIpc) is 2.15. The Kier molecular flexibility index (Phi) is 4.88. The molecule has 2 N–H and O–H groups in total. The largest absolute Gasteiger partial charge is 0.328 e. The molecule has 74 valence electrons. The lowest BCUT2D eigenvalue weighted by Gasteiger charge is -2.29. The third kappa shape index (κ3) is 4.31. The van der Waals surface area contributed by atoms with Crippen molar-refractivity contribution in [3.63, 3.8) is 0 Å². The van der Waals surface area contributed by atoms with Crippen molar-refractivity contribution < 1.29 is 0 Å². The van der Waals surface area contributed by atoms with Gasteiger partial charge in [0.05, 0.1) is 0 Å². The molecule has 1 rings (SSSR count). The van der Waals surface area contributed by atoms with Gasteiger partial charge in [-0.05, 0) is 45.3 Å². The van der Waals surface area contributed by atoms with Crippen molar-refractivity contribution in [2.24, 2.45) is 5.73 Å². The predicted molar refractivity (Wildman–Crippen MR) is 56.3 cm³/mol. The molecule has 0 aliphatic carbocycles. The number of hydrogen-bond acceptors (Lipinski definition) is 2. The van der Waals surface area contributed by atoms with Gasteiger partial charge in [0.1, 0.15) is 0 Å². The number of terminal acetylenes is 1. The third-order valence-electron chi connectivity index (χ3n) is 2.68. The summed E-state index contributed by atoms with van der Waals surface area (Å²) in [5.74, 6) is 2.67. The summed E-state index contributed by atoms with van der Waals surface area (Å²) in [4.78, 5) is 2.50. The van der Waals surface area contributed by atoms with E-state index in [4.69, 9.17) is 12.2 Å². The second-order valence-electron chi connectivity index (χ2n) is 3.84. The van der Waals surface area contributed by atoms with E-state index in [-0.39, 0.29) is 0 Å². The van der Waals surface area contributed by atoms with Crippen LogP contribution < -0.4 is 5.73 Å². The van der Waals surface area contributed by atoms with Crippen molar-refractivity contribution in [1.82, 2.24) is 4.90 Å². The maximum atomic E-state index is 5.82. The van der Waals surface area contributed by atoms with Crippen LogP contribution in [0.3, 0.4) is 0 Å². The molecule has 1 aliphatic heterocycles. The van der Waals surface area contributed by atoms with Gasteiger partial charge in [-0.3, -0.25) is 0 Å². The third-order valence-corrected chi connectivity index (χ3v) is 2.68. The fraction of sp³-hybridized carbons (Fsp3) is 0.818. The van der Waals surface area contributed by atoms with Crippen LogP contribution >= 0.6 is 0 Å². The molecule has 2 heteroatoms. The highest BCUT2D eigenvalue weighted by Gasteiger charge is 2.14. The highest BCUT2D eigenvalue weighted by molar-refractivity contribution is 4.83. The molecule has 0 atom stereocenters. The van der Waals surface area contributed by atoms with Gasteiger partial charge in [0.25, 0.3) is 0 Å². The summed E-state index contributed by atoms with van der Waals surface area (Å²) in [6, 6.07) is 0.446. The van der Waals surface area contributed by atoms with Crippen molar-refractivity contribution in [1.29, 1.82) is 0 Å². The Morgan fingerprint density at radius 3 is 2.62 bits per heavy atom. The SMILES string of the molecule is C#CCCCCN1CCC(N)CC1. The molecule has 13 heavy (non-hydrogen) atoms. The normalized spacial score (nSPS) is 20.0. The zero-order chi connectivity index (χ0) is 9.52. The van der Waals surface area contributed by atoms with Gasteiger partial charge < -0.3 is 10.6 Å². The summed E-state index contributed by atoms with van der Waals surface area (Å²) in [6.45, 7) is 3.56. The molecule has 0 aromatic heterocycles. The zero-order valence-corrected chi connectivity index (χ0v) is 8.34. The quantitative estimate of drug-likeness (QED) is 0.520. The van der Waals surface area contributed by atoms with E-state index in [1.807, 2.05) is 0 Å². The van der Waals surface area contributed by atoms with Crippen molar-refractivity contribution in [2.75, 3.05) is 19.6 Å². The molecule has 1 saturated heterocycles. The predicted octanol–water partition coefficient (Wildman–Crippen LogP) is 1.21. The molecule has 0 saturated carbocycles. The van der Waals surface area contributed by atoms with E-state index in [1.165, 1.54) is 32.5 Å². The van der Waals surface area contributed by atoms with E-state index < -0.39 is 0 Å². The van der Waals surface area contributed by atoms with Crippen LogP contribution in [-0.4, -0.2) is 30.6 Å². The molecule has 0 aromatic rings. The maximum Gasteiger partial charge on any atom is 0.00865 e. The molecular weight excluding hydrogens is 160 g/mol.